The largest absolute Gasteiger partial charge is 0.396 e. The molecule has 2 rings (SSSR count). The van der Waals surface area contributed by atoms with Crippen LogP contribution in [0.1, 0.15) is 26.2 Å². The fourth-order valence-corrected chi connectivity index (χ4v) is 2.29. The van der Waals surface area contributed by atoms with Crippen LogP contribution in [0.5, 0.6) is 0 Å². The number of nitrogens with one attached hydrogen (secondary N) is 1. The number of nitrogens with zero attached hydrogens (tertiary/aromatic N) is 1. The van der Waals surface area contributed by atoms with Gasteiger partial charge in [0.15, 0.2) is 0 Å². The lowest BCUT2D eigenvalue weighted by Crippen LogP contribution is -2.56. The standard InChI is InChI=1S/C10H20N2O/c1-8-6-12(10-2-3-10)7-9(11-8)4-5-13/h8-11,13H,2-7H2,1H3. The maximum absolute atomic E-state index is 8.89. The monoisotopic (exact) mass is 184 g/mol. The molecule has 1 saturated heterocycles. The average Bonchev–Trinajstić information content (AvgIpc) is 2.85. The molecule has 0 aromatic heterocycles. The van der Waals surface area contributed by atoms with Crippen LogP contribution in [0, 0.1) is 0 Å². The van der Waals surface area contributed by atoms with Crippen LogP contribution in [0.2, 0.25) is 0 Å². The minimum atomic E-state index is 0.308. The molecule has 2 N–H and O–H groups in total. The normalized spacial score (nSPS) is 36.5. The van der Waals surface area contributed by atoms with E-state index in [1.54, 1.807) is 0 Å². The lowest BCUT2D eigenvalue weighted by molar-refractivity contribution is 0.140. The molecular formula is C10H20N2O. The summed E-state index contributed by atoms with van der Waals surface area (Å²) in [5.41, 5.74) is 0. The Morgan fingerprint density at radius 2 is 2.15 bits per heavy atom. The van der Waals surface area contributed by atoms with Crippen molar-refractivity contribution in [1.82, 2.24) is 10.2 Å². The summed E-state index contributed by atoms with van der Waals surface area (Å²) in [6.45, 7) is 4.87. The Labute approximate surface area is 80.1 Å². The maximum atomic E-state index is 8.89. The van der Waals surface area contributed by atoms with Gasteiger partial charge in [0.25, 0.3) is 0 Å². The second kappa shape index (κ2) is 3.95. The molecule has 1 saturated carbocycles. The molecule has 0 radical (unpaired) electrons. The molecule has 2 atom stereocenters. The smallest absolute Gasteiger partial charge is 0.0446 e. The molecule has 0 aromatic carbocycles. The highest BCUT2D eigenvalue weighted by molar-refractivity contribution is 4.92. The molecule has 1 heterocycles. The summed E-state index contributed by atoms with van der Waals surface area (Å²) in [7, 11) is 0. The van der Waals surface area contributed by atoms with Crippen molar-refractivity contribution in [2.75, 3.05) is 19.7 Å². The van der Waals surface area contributed by atoms with Crippen LogP contribution in [0.4, 0.5) is 0 Å². The van der Waals surface area contributed by atoms with Gasteiger partial charge in [0.2, 0.25) is 0 Å². The second-order valence-corrected chi connectivity index (χ2v) is 4.46. The van der Waals surface area contributed by atoms with E-state index in [0.717, 1.165) is 19.0 Å². The lowest BCUT2D eigenvalue weighted by Gasteiger charge is -2.37. The van der Waals surface area contributed by atoms with Gasteiger partial charge in [-0.25, -0.2) is 0 Å². The lowest BCUT2D eigenvalue weighted by atomic mass is 10.1. The van der Waals surface area contributed by atoms with Crippen molar-refractivity contribution < 1.29 is 5.11 Å². The van der Waals surface area contributed by atoms with Crippen LogP contribution >= 0.6 is 0 Å². The topological polar surface area (TPSA) is 35.5 Å². The Morgan fingerprint density at radius 3 is 2.77 bits per heavy atom. The third-order valence-corrected chi connectivity index (χ3v) is 3.02. The average molecular weight is 184 g/mol. The molecule has 0 amide bonds. The van der Waals surface area contributed by atoms with Gasteiger partial charge in [-0.3, -0.25) is 4.90 Å². The predicted octanol–water partition coefficient (Wildman–Crippen LogP) is 0.193. The van der Waals surface area contributed by atoms with Crippen LogP contribution in [-0.2, 0) is 0 Å². The van der Waals surface area contributed by atoms with Crippen molar-refractivity contribution in [2.24, 2.45) is 0 Å². The first-order valence-electron chi connectivity index (χ1n) is 5.40. The summed E-state index contributed by atoms with van der Waals surface area (Å²) in [4.78, 5) is 2.58. The zero-order valence-electron chi connectivity index (χ0n) is 8.37. The van der Waals surface area contributed by atoms with Crippen molar-refractivity contribution >= 4 is 0 Å². The Balaban J connectivity index is 1.84. The van der Waals surface area contributed by atoms with Crippen molar-refractivity contribution in [1.29, 1.82) is 0 Å². The van der Waals surface area contributed by atoms with E-state index in [1.807, 2.05) is 0 Å². The number of rotatable bonds is 3. The Kier molecular flexibility index (Phi) is 2.86. The molecule has 2 aliphatic rings. The van der Waals surface area contributed by atoms with E-state index in [4.69, 9.17) is 5.11 Å². The van der Waals surface area contributed by atoms with Gasteiger partial charge in [0.05, 0.1) is 0 Å². The van der Waals surface area contributed by atoms with Gasteiger partial charge >= 0.3 is 0 Å². The highest BCUT2D eigenvalue weighted by Gasteiger charge is 2.34. The van der Waals surface area contributed by atoms with Gasteiger partial charge in [-0.1, -0.05) is 0 Å². The minimum Gasteiger partial charge on any atom is -0.396 e. The van der Waals surface area contributed by atoms with E-state index in [2.05, 4.69) is 17.1 Å². The Morgan fingerprint density at radius 1 is 1.38 bits per heavy atom. The Hall–Kier alpha value is -0.120. The first-order chi connectivity index (χ1) is 6.29. The third kappa shape index (κ3) is 2.42. The van der Waals surface area contributed by atoms with Crippen molar-refractivity contribution in [3.05, 3.63) is 0 Å². The molecule has 2 unspecified atom stereocenters. The van der Waals surface area contributed by atoms with Crippen LogP contribution in [0.25, 0.3) is 0 Å². The summed E-state index contributed by atoms with van der Waals surface area (Å²) in [5, 5.41) is 12.4. The first-order valence-corrected chi connectivity index (χ1v) is 5.40. The molecule has 0 spiro atoms. The van der Waals surface area contributed by atoms with E-state index in [9.17, 15) is 0 Å². The highest BCUT2D eigenvalue weighted by atomic mass is 16.3. The molecule has 13 heavy (non-hydrogen) atoms. The van der Waals surface area contributed by atoms with E-state index < -0.39 is 0 Å². The second-order valence-electron chi connectivity index (χ2n) is 4.46. The van der Waals surface area contributed by atoms with E-state index in [1.165, 1.54) is 19.4 Å². The van der Waals surface area contributed by atoms with Crippen LogP contribution in [-0.4, -0.2) is 47.8 Å². The number of hydrogen-bond donors (Lipinski definition) is 2. The van der Waals surface area contributed by atoms with E-state index in [-0.39, 0.29) is 0 Å². The van der Waals surface area contributed by atoms with Crippen molar-refractivity contribution in [2.45, 2.75) is 44.3 Å². The molecule has 3 heteroatoms. The maximum Gasteiger partial charge on any atom is 0.0446 e. The highest BCUT2D eigenvalue weighted by Crippen LogP contribution is 2.28. The van der Waals surface area contributed by atoms with Crippen LogP contribution < -0.4 is 5.32 Å². The molecule has 3 nitrogen and oxygen atoms in total. The fraction of sp³-hybridized carbons (Fsp3) is 1.00. The molecule has 1 aliphatic heterocycles. The fourth-order valence-electron chi connectivity index (χ4n) is 2.29. The summed E-state index contributed by atoms with van der Waals surface area (Å²) in [6.07, 6.45) is 3.67. The molecular weight excluding hydrogens is 164 g/mol. The zero-order chi connectivity index (χ0) is 9.26. The third-order valence-electron chi connectivity index (χ3n) is 3.02. The Bertz CT molecular complexity index is 170. The quantitative estimate of drug-likeness (QED) is 0.657. The minimum absolute atomic E-state index is 0.308. The molecule has 0 aromatic rings. The summed E-state index contributed by atoms with van der Waals surface area (Å²) in [6, 6.07) is 1.96. The number of piperazine rings is 1. The summed E-state index contributed by atoms with van der Waals surface area (Å²) < 4.78 is 0. The predicted molar refractivity (Wildman–Crippen MR) is 52.7 cm³/mol. The van der Waals surface area contributed by atoms with Gasteiger partial charge in [-0.05, 0) is 26.2 Å². The zero-order valence-corrected chi connectivity index (χ0v) is 8.37. The number of hydrogen-bond acceptors (Lipinski definition) is 3. The van der Waals surface area contributed by atoms with E-state index >= 15 is 0 Å². The molecule has 0 bridgehead atoms. The summed E-state index contributed by atoms with van der Waals surface area (Å²) in [5.74, 6) is 0. The molecule has 2 fully saturated rings. The molecule has 76 valence electrons. The number of aliphatic hydroxyl groups excluding tert-OH is 1. The van der Waals surface area contributed by atoms with Gasteiger partial charge in [0, 0.05) is 37.8 Å². The van der Waals surface area contributed by atoms with Gasteiger partial charge in [-0.15, -0.1) is 0 Å². The first kappa shape index (κ1) is 9.44. The van der Waals surface area contributed by atoms with Crippen molar-refractivity contribution in [3.8, 4) is 0 Å². The van der Waals surface area contributed by atoms with Crippen LogP contribution in [0.3, 0.4) is 0 Å². The van der Waals surface area contributed by atoms with Gasteiger partial charge in [-0.2, -0.15) is 0 Å². The van der Waals surface area contributed by atoms with Crippen molar-refractivity contribution in [3.63, 3.8) is 0 Å². The van der Waals surface area contributed by atoms with E-state index in [0.29, 0.717) is 18.7 Å². The molecule has 1 aliphatic carbocycles. The SMILES string of the molecule is CC1CN(C2CC2)CC(CCO)N1. The van der Waals surface area contributed by atoms with Crippen LogP contribution in [0.15, 0.2) is 0 Å². The van der Waals surface area contributed by atoms with Gasteiger partial charge in [0.1, 0.15) is 0 Å². The van der Waals surface area contributed by atoms with Gasteiger partial charge < -0.3 is 10.4 Å². The number of aliphatic hydroxyl groups is 1. The summed E-state index contributed by atoms with van der Waals surface area (Å²) >= 11 is 0.